The van der Waals surface area contributed by atoms with Crippen LogP contribution in [0.4, 0.5) is 0 Å². The van der Waals surface area contributed by atoms with Crippen LogP contribution in [-0.4, -0.2) is 69.8 Å². The number of morpholine rings is 1. The summed E-state index contributed by atoms with van der Waals surface area (Å²) in [5, 5.41) is 12.2. The van der Waals surface area contributed by atoms with Crippen molar-refractivity contribution in [2.75, 3.05) is 32.6 Å². The number of hydrogen-bond acceptors (Lipinski definition) is 7. The molecule has 8 nitrogen and oxygen atoms in total. The molecule has 2 aliphatic heterocycles. The van der Waals surface area contributed by atoms with E-state index in [2.05, 4.69) is 46.5 Å². The Kier molecular flexibility index (Phi) is 7.87. The number of oxime groups is 1. The lowest BCUT2D eigenvalue weighted by Crippen LogP contribution is -2.37. The minimum Gasteiger partial charge on any atom is -0.392 e. The number of carbonyl (C=O) groups excluding carboxylic acids is 1. The topological polar surface area (TPSA) is 100 Å². The summed E-state index contributed by atoms with van der Waals surface area (Å²) < 4.78 is 17.2. The van der Waals surface area contributed by atoms with E-state index in [4.69, 9.17) is 14.8 Å². The molecular formula is C24H29N3O5S. The van der Waals surface area contributed by atoms with Gasteiger partial charge in [-0.25, -0.2) is 5.48 Å². The van der Waals surface area contributed by atoms with Crippen LogP contribution < -0.4 is 5.48 Å². The van der Waals surface area contributed by atoms with Gasteiger partial charge in [0.1, 0.15) is 11.4 Å². The highest BCUT2D eigenvalue weighted by Crippen LogP contribution is 2.25. The number of rotatable bonds is 8. The van der Waals surface area contributed by atoms with E-state index in [0.29, 0.717) is 6.42 Å². The number of benzene rings is 2. The molecule has 1 amide bonds. The lowest BCUT2D eigenvalue weighted by Gasteiger charge is -2.26. The average Bonchev–Trinajstić information content (AvgIpc) is 3.32. The molecule has 33 heavy (non-hydrogen) atoms. The number of hydrogen-bond donors (Lipinski definition) is 2. The van der Waals surface area contributed by atoms with Crippen molar-refractivity contribution in [3.8, 4) is 11.1 Å². The lowest BCUT2D eigenvalue weighted by atomic mass is 9.98. The minimum atomic E-state index is -1.42. The Balaban J connectivity index is 1.34. The number of nitrogens with zero attached hydrogens (tertiary/aromatic N) is 2. The van der Waals surface area contributed by atoms with Crippen LogP contribution in [0.15, 0.2) is 53.7 Å². The molecule has 0 saturated carbocycles. The van der Waals surface area contributed by atoms with E-state index < -0.39 is 22.0 Å². The van der Waals surface area contributed by atoms with Gasteiger partial charge in [0.15, 0.2) is 0 Å². The van der Waals surface area contributed by atoms with Crippen LogP contribution in [0.1, 0.15) is 24.0 Å². The summed E-state index contributed by atoms with van der Waals surface area (Å²) in [5.74, 6) is -0.673. The largest absolute Gasteiger partial charge is 0.392 e. The predicted octanol–water partition coefficient (Wildman–Crippen LogP) is 2.32. The van der Waals surface area contributed by atoms with E-state index in [-0.39, 0.29) is 12.5 Å². The van der Waals surface area contributed by atoms with E-state index in [1.807, 2.05) is 12.1 Å². The number of nitrogens with one attached hydrogen (secondary N) is 1. The molecule has 0 spiro atoms. The monoisotopic (exact) mass is 471 g/mol. The summed E-state index contributed by atoms with van der Waals surface area (Å²) in [5.41, 5.74) is 6.88. The first-order valence-corrected chi connectivity index (χ1v) is 12.6. The summed E-state index contributed by atoms with van der Waals surface area (Å²) in [4.78, 5) is 19.6. The Morgan fingerprint density at radius 2 is 1.73 bits per heavy atom. The summed E-state index contributed by atoms with van der Waals surface area (Å²) in [6.45, 7) is 4.50. The number of ether oxygens (including phenoxy) is 1. The zero-order chi connectivity index (χ0) is 23.2. The predicted molar refractivity (Wildman–Crippen MR) is 126 cm³/mol. The molecule has 176 valence electrons. The van der Waals surface area contributed by atoms with Crippen molar-refractivity contribution < 1.29 is 23.8 Å². The van der Waals surface area contributed by atoms with E-state index in [1.165, 1.54) is 11.8 Å². The van der Waals surface area contributed by atoms with Gasteiger partial charge in [-0.15, -0.1) is 0 Å². The zero-order valence-corrected chi connectivity index (χ0v) is 19.4. The third-order valence-corrected chi connectivity index (χ3v) is 7.24. The minimum absolute atomic E-state index is 0.220. The van der Waals surface area contributed by atoms with Gasteiger partial charge in [0.2, 0.25) is 0 Å². The van der Waals surface area contributed by atoms with Gasteiger partial charge in [0, 0.05) is 49.5 Å². The number of carbonyl (C=O) groups is 1. The first kappa shape index (κ1) is 23.6. The zero-order valence-electron chi connectivity index (χ0n) is 18.6. The molecule has 9 heteroatoms. The SMILES string of the molecule is CS(=O)C(CC1CC(c2ccc(-c3ccc(CN4CCOCC4)cc3)cc2)=NO1)C(=O)NO. The van der Waals surface area contributed by atoms with Crippen LogP contribution in [0.2, 0.25) is 0 Å². The van der Waals surface area contributed by atoms with Crippen molar-refractivity contribution in [2.45, 2.75) is 30.7 Å². The Bertz CT molecular complexity index is 1000. The Morgan fingerprint density at radius 1 is 1.12 bits per heavy atom. The maximum atomic E-state index is 11.8. The first-order valence-electron chi connectivity index (χ1n) is 11.0. The second kappa shape index (κ2) is 11.0. The molecule has 3 unspecified atom stereocenters. The third-order valence-electron chi connectivity index (χ3n) is 6.03. The van der Waals surface area contributed by atoms with Gasteiger partial charge in [-0.1, -0.05) is 53.7 Å². The van der Waals surface area contributed by atoms with Gasteiger partial charge in [-0.2, -0.15) is 0 Å². The third kappa shape index (κ3) is 6.05. The standard InChI is InChI=1S/C24H29N3O5S/c1-33(30)23(24(28)25-29)15-21-14-22(26-32-21)20-8-6-19(7-9-20)18-4-2-17(3-5-18)16-27-10-12-31-13-11-27/h2-9,21,23,29H,10-16H2,1H3,(H,25,28). The lowest BCUT2D eigenvalue weighted by molar-refractivity contribution is -0.129. The smallest absolute Gasteiger partial charge is 0.259 e. The highest BCUT2D eigenvalue weighted by molar-refractivity contribution is 7.85. The first-order chi connectivity index (χ1) is 16.0. The van der Waals surface area contributed by atoms with Crippen molar-refractivity contribution in [1.82, 2.24) is 10.4 Å². The second-order valence-electron chi connectivity index (χ2n) is 8.33. The van der Waals surface area contributed by atoms with Crippen LogP contribution in [-0.2, 0) is 31.7 Å². The molecule has 0 radical (unpaired) electrons. The van der Waals surface area contributed by atoms with Crippen molar-refractivity contribution >= 4 is 22.4 Å². The van der Waals surface area contributed by atoms with Crippen LogP contribution in [0.5, 0.6) is 0 Å². The molecule has 2 aromatic carbocycles. The fraction of sp³-hybridized carbons (Fsp3) is 0.417. The van der Waals surface area contributed by atoms with Gasteiger partial charge in [-0.05, 0) is 22.3 Å². The fourth-order valence-electron chi connectivity index (χ4n) is 4.10. The molecule has 2 aliphatic rings. The highest BCUT2D eigenvalue weighted by Gasteiger charge is 2.31. The maximum Gasteiger partial charge on any atom is 0.259 e. The van der Waals surface area contributed by atoms with Crippen molar-refractivity contribution in [2.24, 2.45) is 5.16 Å². The summed E-state index contributed by atoms with van der Waals surface area (Å²) in [6, 6.07) is 16.8. The average molecular weight is 472 g/mol. The van der Waals surface area contributed by atoms with E-state index in [0.717, 1.165) is 55.3 Å². The van der Waals surface area contributed by atoms with Crippen molar-refractivity contribution in [3.05, 3.63) is 59.7 Å². The molecule has 4 rings (SSSR count). The van der Waals surface area contributed by atoms with Crippen molar-refractivity contribution in [1.29, 1.82) is 0 Å². The van der Waals surface area contributed by atoms with E-state index in [9.17, 15) is 9.00 Å². The van der Waals surface area contributed by atoms with Crippen LogP contribution in [0.3, 0.4) is 0 Å². The fourth-order valence-corrected chi connectivity index (χ4v) is 4.94. The van der Waals surface area contributed by atoms with Gasteiger partial charge < -0.3 is 9.57 Å². The summed E-state index contributed by atoms with van der Waals surface area (Å²) in [7, 11) is -1.42. The van der Waals surface area contributed by atoms with Gasteiger partial charge in [0.05, 0.1) is 18.9 Å². The van der Waals surface area contributed by atoms with Gasteiger partial charge >= 0.3 is 0 Å². The quantitative estimate of drug-likeness (QED) is 0.453. The Hall–Kier alpha value is -2.59. The summed E-state index contributed by atoms with van der Waals surface area (Å²) >= 11 is 0. The molecule has 1 saturated heterocycles. The number of hydroxylamine groups is 1. The Morgan fingerprint density at radius 3 is 2.33 bits per heavy atom. The normalized spacial score (nSPS) is 20.5. The molecule has 2 aromatic rings. The molecular weight excluding hydrogens is 442 g/mol. The van der Waals surface area contributed by atoms with Gasteiger partial charge in [-0.3, -0.25) is 19.1 Å². The molecule has 0 bridgehead atoms. The van der Waals surface area contributed by atoms with Crippen LogP contribution in [0, 0.1) is 0 Å². The maximum absolute atomic E-state index is 11.8. The molecule has 0 aliphatic carbocycles. The number of amides is 1. The summed E-state index contributed by atoms with van der Waals surface area (Å²) in [6.07, 6.45) is 1.81. The molecule has 2 N–H and O–H groups in total. The Labute approximate surface area is 196 Å². The van der Waals surface area contributed by atoms with Gasteiger partial charge in [0.25, 0.3) is 5.91 Å². The van der Waals surface area contributed by atoms with Crippen molar-refractivity contribution in [3.63, 3.8) is 0 Å². The molecule has 0 aromatic heterocycles. The van der Waals surface area contributed by atoms with E-state index in [1.54, 1.807) is 5.48 Å². The highest BCUT2D eigenvalue weighted by atomic mass is 32.2. The van der Waals surface area contributed by atoms with E-state index >= 15 is 0 Å². The molecule has 2 heterocycles. The second-order valence-corrected chi connectivity index (χ2v) is 9.90. The van der Waals surface area contributed by atoms with Crippen LogP contribution in [0.25, 0.3) is 11.1 Å². The molecule has 3 atom stereocenters. The molecule has 1 fully saturated rings. The van der Waals surface area contributed by atoms with Crippen LogP contribution >= 0.6 is 0 Å².